The second-order valence-electron chi connectivity index (χ2n) is 3.74. The topological polar surface area (TPSA) is 15.3 Å². The Balaban J connectivity index is 2.04. The SMILES string of the molecule is C=CCc1ccc(N2[CH]CNCC2)cc1. The van der Waals surface area contributed by atoms with Crippen LogP contribution in [0.15, 0.2) is 36.9 Å². The van der Waals surface area contributed by atoms with Crippen molar-refractivity contribution >= 4 is 5.69 Å². The minimum Gasteiger partial charge on any atom is -0.364 e. The Labute approximate surface area is 91.6 Å². The third kappa shape index (κ3) is 2.60. The average Bonchev–Trinajstić information content (AvgIpc) is 2.32. The van der Waals surface area contributed by atoms with Crippen LogP contribution in [0.2, 0.25) is 0 Å². The third-order valence-corrected chi connectivity index (χ3v) is 2.63. The summed E-state index contributed by atoms with van der Waals surface area (Å²) in [7, 11) is 0. The molecule has 1 aromatic carbocycles. The molecule has 1 aliphatic rings. The molecule has 1 aliphatic heterocycles. The maximum atomic E-state index is 3.74. The van der Waals surface area contributed by atoms with Crippen molar-refractivity contribution in [1.82, 2.24) is 5.32 Å². The van der Waals surface area contributed by atoms with E-state index in [0.29, 0.717) is 0 Å². The van der Waals surface area contributed by atoms with Gasteiger partial charge in [-0.25, -0.2) is 0 Å². The van der Waals surface area contributed by atoms with Gasteiger partial charge >= 0.3 is 0 Å². The predicted octanol–water partition coefficient (Wildman–Crippen LogP) is 1.99. The number of hydrogen-bond donors (Lipinski definition) is 1. The molecule has 0 aromatic heterocycles. The highest BCUT2D eigenvalue weighted by Crippen LogP contribution is 2.17. The number of nitrogens with one attached hydrogen (secondary N) is 1. The van der Waals surface area contributed by atoms with Crippen LogP contribution >= 0.6 is 0 Å². The van der Waals surface area contributed by atoms with E-state index in [1.807, 2.05) is 6.08 Å². The van der Waals surface area contributed by atoms with Crippen LogP contribution in [0.25, 0.3) is 0 Å². The molecule has 0 saturated carbocycles. The summed E-state index contributed by atoms with van der Waals surface area (Å²) in [5, 5.41) is 3.31. The van der Waals surface area contributed by atoms with Gasteiger partial charge in [0.25, 0.3) is 0 Å². The van der Waals surface area contributed by atoms with Crippen molar-refractivity contribution in [1.29, 1.82) is 0 Å². The summed E-state index contributed by atoms with van der Waals surface area (Å²) in [6.07, 6.45) is 2.89. The molecule has 2 rings (SSSR count). The molecule has 1 heterocycles. The molecule has 1 N–H and O–H groups in total. The summed E-state index contributed by atoms with van der Waals surface area (Å²) in [4.78, 5) is 2.30. The van der Waals surface area contributed by atoms with Crippen LogP contribution in [-0.4, -0.2) is 19.6 Å². The van der Waals surface area contributed by atoms with E-state index in [1.165, 1.54) is 11.3 Å². The fourth-order valence-electron chi connectivity index (χ4n) is 1.79. The van der Waals surface area contributed by atoms with Gasteiger partial charge in [-0.05, 0) is 24.1 Å². The lowest BCUT2D eigenvalue weighted by Gasteiger charge is -2.28. The van der Waals surface area contributed by atoms with E-state index in [4.69, 9.17) is 0 Å². The minimum absolute atomic E-state index is 0.950. The molecule has 0 bridgehead atoms. The van der Waals surface area contributed by atoms with Crippen molar-refractivity contribution in [2.45, 2.75) is 6.42 Å². The van der Waals surface area contributed by atoms with Gasteiger partial charge in [0, 0.05) is 25.3 Å². The third-order valence-electron chi connectivity index (χ3n) is 2.63. The lowest BCUT2D eigenvalue weighted by atomic mass is 10.1. The average molecular weight is 201 g/mol. The molecule has 1 saturated heterocycles. The van der Waals surface area contributed by atoms with Gasteiger partial charge in [0.15, 0.2) is 0 Å². The van der Waals surface area contributed by atoms with Gasteiger partial charge in [0.1, 0.15) is 0 Å². The molecule has 2 heteroatoms. The van der Waals surface area contributed by atoms with E-state index >= 15 is 0 Å². The summed E-state index contributed by atoms with van der Waals surface area (Å²) < 4.78 is 0. The summed E-state index contributed by atoms with van der Waals surface area (Å²) in [6.45, 7) is 9.03. The first kappa shape index (κ1) is 10.2. The molecule has 2 nitrogen and oxygen atoms in total. The van der Waals surface area contributed by atoms with E-state index in [1.54, 1.807) is 0 Å². The van der Waals surface area contributed by atoms with E-state index < -0.39 is 0 Å². The molecular weight excluding hydrogens is 184 g/mol. The lowest BCUT2D eigenvalue weighted by molar-refractivity contribution is 0.640. The number of nitrogens with zero attached hydrogens (tertiary/aromatic N) is 1. The van der Waals surface area contributed by atoms with Crippen molar-refractivity contribution < 1.29 is 0 Å². The Morgan fingerprint density at radius 1 is 1.33 bits per heavy atom. The van der Waals surface area contributed by atoms with Crippen molar-refractivity contribution in [3.8, 4) is 0 Å². The highest BCUT2D eigenvalue weighted by atomic mass is 15.2. The van der Waals surface area contributed by atoms with Crippen molar-refractivity contribution in [2.75, 3.05) is 24.5 Å². The van der Waals surface area contributed by atoms with Crippen LogP contribution < -0.4 is 10.2 Å². The summed E-state index contributed by atoms with van der Waals surface area (Å²) in [6, 6.07) is 8.71. The minimum atomic E-state index is 0.950. The van der Waals surface area contributed by atoms with E-state index in [-0.39, 0.29) is 0 Å². The van der Waals surface area contributed by atoms with Crippen molar-refractivity contribution in [2.24, 2.45) is 0 Å². The van der Waals surface area contributed by atoms with Crippen LogP contribution in [0.3, 0.4) is 0 Å². The highest BCUT2D eigenvalue weighted by molar-refractivity contribution is 5.50. The fourth-order valence-corrected chi connectivity index (χ4v) is 1.79. The quantitative estimate of drug-likeness (QED) is 0.752. The monoisotopic (exact) mass is 201 g/mol. The largest absolute Gasteiger partial charge is 0.364 e. The van der Waals surface area contributed by atoms with Crippen LogP contribution in [0.5, 0.6) is 0 Å². The molecule has 0 atom stereocenters. The Bertz CT molecular complexity index is 310. The van der Waals surface area contributed by atoms with Gasteiger partial charge in [0.2, 0.25) is 0 Å². The number of benzene rings is 1. The van der Waals surface area contributed by atoms with E-state index in [2.05, 4.69) is 47.6 Å². The Morgan fingerprint density at radius 3 is 2.73 bits per heavy atom. The van der Waals surface area contributed by atoms with Gasteiger partial charge < -0.3 is 10.2 Å². The molecule has 79 valence electrons. The van der Waals surface area contributed by atoms with Crippen LogP contribution in [0.1, 0.15) is 5.56 Å². The van der Waals surface area contributed by atoms with Gasteiger partial charge in [-0.2, -0.15) is 0 Å². The number of piperazine rings is 1. The molecule has 0 amide bonds. The van der Waals surface area contributed by atoms with Gasteiger partial charge in [-0.15, -0.1) is 6.58 Å². The van der Waals surface area contributed by atoms with E-state index in [9.17, 15) is 0 Å². The first-order valence-corrected chi connectivity index (χ1v) is 5.40. The Kier molecular flexibility index (Phi) is 3.41. The Morgan fingerprint density at radius 2 is 2.13 bits per heavy atom. The summed E-state index contributed by atoms with van der Waals surface area (Å²) in [5.41, 5.74) is 2.60. The second-order valence-corrected chi connectivity index (χ2v) is 3.74. The van der Waals surface area contributed by atoms with Crippen molar-refractivity contribution in [3.63, 3.8) is 0 Å². The number of anilines is 1. The zero-order valence-corrected chi connectivity index (χ0v) is 8.95. The van der Waals surface area contributed by atoms with Crippen molar-refractivity contribution in [3.05, 3.63) is 49.0 Å². The molecule has 15 heavy (non-hydrogen) atoms. The first-order valence-electron chi connectivity index (χ1n) is 5.40. The van der Waals surface area contributed by atoms with Gasteiger partial charge in [-0.1, -0.05) is 18.2 Å². The fraction of sp³-hybridized carbons (Fsp3) is 0.308. The maximum Gasteiger partial charge on any atom is 0.0630 e. The molecule has 0 aliphatic carbocycles. The second kappa shape index (κ2) is 4.99. The number of hydrogen-bond acceptors (Lipinski definition) is 2. The summed E-state index contributed by atoms with van der Waals surface area (Å²) >= 11 is 0. The predicted molar refractivity (Wildman–Crippen MR) is 64.9 cm³/mol. The first-order chi connectivity index (χ1) is 7.40. The zero-order valence-electron chi connectivity index (χ0n) is 8.95. The molecule has 1 radical (unpaired) electrons. The summed E-state index contributed by atoms with van der Waals surface area (Å²) in [5.74, 6) is 0. The zero-order chi connectivity index (χ0) is 10.5. The van der Waals surface area contributed by atoms with Crippen LogP contribution in [-0.2, 0) is 6.42 Å². The smallest absolute Gasteiger partial charge is 0.0630 e. The molecule has 1 fully saturated rings. The molecule has 0 spiro atoms. The standard InChI is InChI=1S/C13H17N2/c1-2-3-12-4-6-13(7-5-12)15-10-8-14-9-11-15/h2,4-7,10,14H,1,3,8-9,11H2. The normalized spacial score (nSPS) is 16.4. The lowest BCUT2D eigenvalue weighted by Crippen LogP contribution is -2.39. The molecular formula is C13H17N2. The van der Waals surface area contributed by atoms with Gasteiger partial charge in [-0.3, -0.25) is 0 Å². The van der Waals surface area contributed by atoms with E-state index in [0.717, 1.165) is 26.1 Å². The van der Waals surface area contributed by atoms with Crippen LogP contribution in [0, 0.1) is 6.54 Å². The highest BCUT2D eigenvalue weighted by Gasteiger charge is 2.09. The Hall–Kier alpha value is -1.28. The maximum absolute atomic E-state index is 3.74. The number of allylic oxidation sites excluding steroid dienone is 1. The van der Waals surface area contributed by atoms with Gasteiger partial charge in [0.05, 0.1) is 6.54 Å². The van der Waals surface area contributed by atoms with Crippen LogP contribution in [0.4, 0.5) is 5.69 Å². The molecule has 0 unspecified atom stereocenters. The number of rotatable bonds is 3. The molecule has 1 aromatic rings.